The van der Waals surface area contributed by atoms with Gasteiger partial charge in [0.2, 0.25) is 0 Å². The first-order valence-corrected chi connectivity index (χ1v) is 7.72. The van der Waals surface area contributed by atoms with Crippen LogP contribution in [0.2, 0.25) is 0 Å². The second-order valence-electron chi connectivity index (χ2n) is 5.49. The SMILES string of the molecule is CCNC(=O)c1ccc(N2CCCC2CCCO)c(N)c1. The minimum Gasteiger partial charge on any atom is -0.397 e. The Morgan fingerprint density at radius 3 is 3.00 bits per heavy atom. The van der Waals surface area contributed by atoms with E-state index in [1.165, 1.54) is 0 Å². The second kappa shape index (κ2) is 7.31. The molecule has 5 heteroatoms. The molecule has 116 valence electrons. The molecule has 1 unspecified atom stereocenters. The van der Waals surface area contributed by atoms with Gasteiger partial charge >= 0.3 is 0 Å². The van der Waals surface area contributed by atoms with Gasteiger partial charge in [-0.05, 0) is 50.8 Å². The highest BCUT2D eigenvalue weighted by Crippen LogP contribution is 2.32. The Labute approximate surface area is 126 Å². The molecule has 1 amide bonds. The molecule has 1 atom stereocenters. The molecule has 0 spiro atoms. The average Bonchev–Trinajstić information content (AvgIpc) is 2.93. The predicted octanol–water partition coefficient (Wildman–Crippen LogP) is 1.76. The standard InChI is InChI=1S/C16H25N3O2/c1-2-18-16(21)12-7-8-15(14(17)11-12)19-9-3-5-13(19)6-4-10-20/h7-8,11,13,20H,2-6,9-10,17H2,1H3,(H,18,21). The average molecular weight is 291 g/mol. The number of hydrogen-bond acceptors (Lipinski definition) is 4. The maximum atomic E-state index is 11.8. The molecule has 0 bridgehead atoms. The maximum absolute atomic E-state index is 11.8. The van der Waals surface area contributed by atoms with E-state index >= 15 is 0 Å². The molecule has 4 N–H and O–H groups in total. The van der Waals surface area contributed by atoms with Gasteiger partial charge < -0.3 is 21.1 Å². The van der Waals surface area contributed by atoms with Crippen LogP contribution in [0.1, 0.15) is 43.0 Å². The topological polar surface area (TPSA) is 78.6 Å². The van der Waals surface area contributed by atoms with Crippen molar-refractivity contribution in [2.45, 2.75) is 38.6 Å². The number of rotatable bonds is 6. The van der Waals surface area contributed by atoms with Gasteiger partial charge in [-0.2, -0.15) is 0 Å². The van der Waals surface area contributed by atoms with Gasteiger partial charge in [0, 0.05) is 31.3 Å². The molecule has 5 nitrogen and oxygen atoms in total. The summed E-state index contributed by atoms with van der Waals surface area (Å²) in [6, 6.07) is 5.96. The van der Waals surface area contributed by atoms with E-state index in [2.05, 4.69) is 10.2 Å². The lowest BCUT2D eigenvalue weighted by Crippen LogP contribution is -2.30. The van der Waals surface area contributed by atoms with Crippen LogP contribution < -0.4 is 16.0 Å². The zero-order valence-electron chi connectivity index (χ0n) is 12.6. The smallest absolute Gasteiger partial charge is 0.251 e. The molecule has 21 heavy (non-hydrogen) atoms. The number of aliphatic hydroxyl groups excluding tert-OH is 1. The molecule has 0 saturated carbocycles. The van der Waals surface area contributed by atoms with E-state index in [1.54, 1.807) is 6.07 Å². The number of anilines is 2. The number of nitrogen functional groups attached to an aromatic ring is 1. The number of hydrogen-bond donors (Lipinski definition) is 3. The molecule has 0 aliphatic carbocycles. The van der Waals surface area contributed by atoms with Gasteiger partial charge in [-0.1, -0.05) is 0 Å². The molecule has 1 saturated heterocycles. The number of aliphatic hydroxyl groups is 1. The Bertz CT molecular complexity index is 490. The molecule has 1 aromatic carbocycles. The van der Waals surface area contributed by atoms with Crippen LogP contribution in [0.4, 0.5) is 11.4 Å². The monoisotopic (exact) mass is 291 g/mol. The fourth-order valence-corrected chi connectivity index (χ4v) is 3.00. The number of amides is 1. The van der Waals surface area contributed by atoms with Gasteiger partial charge in [0.05, 0.1) is 11.4 Å². The number of nitrogens with two attached hydrogens (primary N) is 1. The highest BCUT2D eigenvalue weighted by atomic mass is 16.2. The van der Waals surface area contributed by atoms with Crippen LogP contribution in [0.25, 0.3) is 0 Å². The number of carbonyl (C=O) groups excluding carboxylic acids is 1. The third kappa shape index (κ3) is 3.67. The van der Waals surface area contributed by atoms with Crippen molar-refractivity contribution >= 4 is 17.3 Å². The van der Waals surface area contributed by atoms with Crippen molar-refractivity contribution in [1.29, 1.82) is 0 Å². The summed E-state index contributed by atoms with van der Waals surface area (Å²) < 4.78 is 0. The van der Waals surface area contributed by atoms with E-state index in [-0.39, 0.29) is 12.5 Å². The third-order valence-electron chi connectivity index (χ3n) is 4.01. The Kier molecular flexibility index (Phi) is 5.44. The van der Waals surface area contributed by atoms with Crippen molar-refractivity contribution in [3.63, 3.8) is 0 Å². The summed E-state index contributed by atoms with van der Waals surface area (Å²) >= 11 is 0. The summed E-state index contributed by atoms with van der Waals surface area (Å²) in [7, 11) is 0. The molecule has 1 aliphatic rings. The van der Waals surface area contributed by atoms with E-state index < -0.39 is 0 Å². The Morgan fingerprint density at radius 1 is 1.52 bits per heavy atom. The van der Waals surface area contributed by atoms with Crippen molar-refractivity contribution in [3.8, 4) is 0 Å². The first kappa shape index (κ1) is 15.6. The Balaban J connectivity index is 2.14. The van der Waals surface area contributed by atoms with Gasteiger partial charge in [0.15, 0.2) is 0 Å². The first-order chi connectivity index (χ1) is 10.2. The van der Waals surface area contributed by atoms with Gasteiger partial charge in [0.25, 0.3) is 5.91 Å². The molecule has 0 aromatic heterocycles. The van der Waals surface area contributed by atoms with E-state index in [0.717, 1.165) is 37.9 Å². The lowest BCUT2D eigenvalue weighted by molar-refractivity contribution is 0.0956. The fraction of sp³-hybridized carbons (Fsp3) is 0.562. The van der Waals surface area contributed by atoms with Crippen molar-refractivity contribution in [2.24, 2.45) is 0 Å². The molecular weight excluding hydrogens is 266 g/mol. The van der Waals surface area contributed by atoms with Gasteiger partial charge in [-0.25, -0.2) is 0 Å². The quantitative estimate of drug-likeness (QED) is 0.698. The van der Waals surface area contributed by atoms with E-state index in [4.69, 9.17) is 10.8 Å². The van der Waals surface area contributed by atoms with Crippen molar-refractivity contribution < 1.29 is 9.90 Å². The summed E-state index contributed by atoms with van der Waals surface area (Å²) in [5.41, 5.74) is 8.41. The molecule has 1 fully saturated rings. The van der Waals surface area contributed by atoms with Crippen LogP contribution in [-0.2, 0) is 0 Å². The highest BCUT2D eigenvalue weighted by Gasteiger charge is 2.25. The molecule has 1 aromatic rings. The van der Waals surface area contributed by atoms with Crippen LogP contribution in [0.5, 0.6) is 0 Å². The Hall–Kier alpha value is -1.75. The summed E-state index contributed by atoms with van der Waals surface area (Å²) in [5.74, 6) is -0.0889. The van der Waals surface area contributed by atoms with Crippen molar-refractivity contribution in [3.05, 3.63) is 23.8 Å². The van der Waals surface area contributed by atoms with Gasteiger partial charge in [0.1, 0.15) is 0 Å². The molecule has 2 rings (SSSR count). The van der Waals surface area contributed by atoms with E-state index in [0.29, 0.717) is 23.8 Å². The van der Waals surface area contributed by atoms with Gasteiger partial charge in [-0.3, -0.25) is 4.79 Å². The number of carbonyl (C=O) groups is 1. The lowest BCUT2D eigenvalue weighted by Gasteiger charge is -2.28. The number of benzene rings is 1. The Morgan fingerprint density at radius 2 is 2.33 bits per heavy atom. The molecule has 1 aliphatic heterocycles. The lowest BCUT2D eigenvalue weighted by atomic mass is 10.1. The zero-order chi connectivity index (χ0) is 15.2. The summed E-state index contributed by atoms with van der Waals surface area (Å²) in [4.78, 5) is 14.1. The normalized spacial score (nSPS) is 18.0. The van der Waals surface area contributed by atoms with E-state index in [1.807, 2.05) is 19.1 Å². The summed E-state index contributed by atoms with van der Waals surface area (Å²) in [6.45, 7) is 3.72. The van der Waals surface area contributed by atoms with Crippen LogP contribution in [-0.4, -0.2) is 36.8 Å². The molecule has 0 radical (unpaired) electrons. The van der Waals surface area contributed by atoms with E-state index in [9.17, 15) is 4.79 Å². The van der Waals surface area contributed by atoms with Crippen LogP contribution in [0.3, 0.4) is 0 Å². The largest absolute Gasteiger partial charge is 0.397 e. The maximum Gasteiger partial charge on any atom is 0.251 e. The highest BCUT2D eigenvalue weighted by molar-refractivity contribution is 5.96. The third-order valence-corrected chi connectivity index (χ3v) is 4.01. The number of nitrogens with one attached hydrogen (secondary N) is 1. The molecule has 1 heterocycles. The van der Waals surface area contributed by atoms with Crippen molar-refractivity contribution in [2.75, 3.05) is 30.3 Å². The first-order valence-electron chi connectivity index (χ1n) is 7.72. The van der Waals surface area contributed by atoms with Crippen LogP contribution >= 0.6 is 0 Å². The van der Waals surface area contributed by atoms with Crippen LogP contribution in [0, 0.1) is 0 Å². The molecular formula is C16H25N3O2. The predicted molar refractivity (Wildman–Crippen MR) is 85.5 cm³/mol. The number of nitrogens with zero attached hydrogens (tertiary/aromatic N) is 1. The van der Waals surface area contributed by atoms with Crippen LogP contribution in [0.15, 0.2) is 18.2 Å². The van der Waals surface area contributed by atoms with Gasteiger partial charge in [-0.15, -0.1) is 0 Å². The minimum absolute atomic E-state index is 0.0889. The summed E-state index contributed by atoms with van der Waals surface area (Å²) in [6.07, 6.45) is 4.08. The summed E-state index contributed by atoms with van der Waals surface area (Å²) in [5, 5.41) is 11.8. The van der Waals surface area contributed by atoms with Crippen molar-refractivity contribution in [1.82, 2.24) is 5.32 Å². The second-order valence-corrected chi connectivity index (χ2v) is 5.49. The minimum atomic E-state index is -0.0889. The fourth-order valence-electron chi connectivity index (χ4n) is 3.00. The zero-order valence-corrected chi connectivity index (χ0v) is 12.6.